The third kappa shape index (κ3) is 1.54. The molecule has 0 N–H and O–H groups in total. The molecule has 1 aromatic rings. The van der Waals surface area contributed by atoms with Gasteiger partial charge in [-0.2, -0.15) is 5.26 Å². The molecule has 2 rings (SSSR count). The van der Waals surface area contributed by atoms with E-state index >= 15 is 0 Å². The summed E-state index contributed by atoms with van der Waals surface area (Å²) in [6.07, 6.45) is -0.179. The molecule has 0 unspecified atom stereocenters. The number of hydrogen-bond donors (Lipinski definition) is 0. The van der Waals surface area contributed by atoms with Crippen LogP contribution in [-0.4, -0.2) is 18.2 Å². The molecule has 0 radical (unpaired) electrons. The number of hydrogen-bond acceptors (Lipinski definition) is 3. The highest BCUT2D eigenvalue weighted by Crippen LogP contribution is 2.25. The molecule has 1 fully saturated rings. The zero-order valence-corrected chi connectivity index (χ0v) is 8.24. The van der Waals surface area contributed by atoms with Crippen molar-refractivity contribution in [3.63, 3.8) is 0 Å². The molecule has 0 bridgehead atoms. The minimum Gasteiger partial charge on any atom is -0.303 e. The molecule has 80 valence electrons. The Morgan fingerprint density at radius 3 is 2.69 bits per heavy atom. The summed E-state index contributed by atoms with van der Waals surface area (Å²) in [5.41, 5.74) is -0.0381. The van der Waals surface area contributed by atoms with Crippen molar-refractivity contribution in [3.05, 3.63) is 29.6 Å². The molecule has 0 saturated carbocycles. The van der Waals surface area contributed by atoms with Gasteiger partial charge >= 0.3 is 0 Å². The second-order valence-corrected chi connectivity index (χ2v) is 3.44. The summed E-state index contributed by atoms with van der Waals surface area (Å²) in [4.78, 5) is 23.7. The van der Waals surface area contributed by atoms with E-state index in [-0.39, 0.29) is 30.0 Å². The predicted octanol–water partition coefficient (Wildman–Crippen LogP) is 1.00. The van der Waals surface area contributed by atoms with E-state index in [2.05, 4.69) is 0 Å². The fraction of sp³-hybridized carbons (Fsp3) is 0.182. The molecule has 1 amide bonds. The van der Waals surface area contributed by atoms with Crippen LogP contribution in [0.5, 0.6) is 0 Å². The molecule has 1 aromatic carbocycles. The first kappa shape index (κ1) is 10.3. The number of ketones is 1. The minimum atomic E-state index is -0.688. The van der Waals surface area contributed by atoms with Crippen LogP contribution in [0.15, 0.2) is 18.2 Å². The van der Waals surface area contributed by atoms with Crippen LogP contribution >= 0.6 is 0 Å². The van der Waals surface area contributed by atoms with Crippen LogP contribution in [0.1, 0.15) is 12.0 Å². The summed E-state index contributed by atoms with van der Waals surface area (Å²) in [6, 6.07) is 5.70. The maximum atomic E-state index is 13.3. The van der Waals surface area contributed by atoms with Gasteiger partial charge in [0.2, 0.25) is 5.91 Å². The van der Waals surface area contributed by atoms with Crippen molar-refractivity contribution in [2.24, 2.45) is 0 Å². The largest absolute Gasteiger partial charge is 0.303 e. The monoisotopic (exact) mass is 218 g/mol. The standard InChI is InChI=1S/C11H7FN2O2/c12-9-2-1-3-10(8(9)5-13)14-6-7(15)4-11(14)16/h1-3H,4,6H2. The zero-order chi connectivity index (χ0) is 11.7. The summed E-state index contributed by atoms with van der Waals surface area (Å²) in [6.45, 7) is -0.0863. The van der Waals surface area contributed by atoms with Crippen LogP contribution in [0.25, 0.3) is 0 Å². The molecule has 1 aliphatic heterocycles. The lowest BCUT2D eigenvalue weighted by molar-refractivity contribution is -0.121. The van der Waals surface area contributed by atoms with Gasteiger partial charge in [0.05, 0.1) is 18.7 Å². The predicted molar refractivity (Wildman–Crippen MR) is 53.1 cm³/mol. The van der Waals surface area contributed by atoms with E-state index in [9.17, 15) is 14.0 Å². The maximum Gasteiger partial charge on any atom is 0.234 e. The lowest BCUT2D eigenvalue weighted by Crippen LogP contribution is -2.25. The van der Waals surface area contributed by atoms with Gasteiger partial charge in [-0.15, -0.1) is 0 Å². The highest BCUT2D eigenvalue weighted by molar-refractivity contribution is 6.15. The highest BCUT2D eigenvalue weighted by atomic mass is 19.1. The number of rotatable bonds is 1. The van der Waals surface area contributed by atoms with Crippen molar-refractivity contribution in [2.45, 2.75) is 6.42 Å². The van der Waals surface area contributed by atoms with Crippen LogP contribution in [0, 0.1) is 17.1 Å². The Balaban J connectivity index is 2.49. The van der Waals surface area contributed by atoms with E-state index in [1.807, 2.05) is 0 Å². The lowest BCUT2D eigenvalue weighted by atomic mass is 10.1. The van der Waals surface area contributed by atoms with Crippen molar-refractivity contribution < 1.29 is 14.0 Å². The zero-order valence-electron chi connectivity index (χ0n) is 8.24. The highest BCUT2D eigenvalue weighted by Gasteiger charge is 2.30. The average molecular weight is 218 g/mol. The third-order valence-corrected chi connectivity index (χ3v) is 2.38. The molecule has 0 aliphatic carbocycles. The number of nitrogens with zero attached hydrogens (tertiary/aromatic N) is 2. The fourth-order valence-electron chi connectivity index (χ4n) is 1.65. The smallest absolute Gasteiger partial charge is 0.234 e. The second kappa shape index (κ2) is 3.74. The summed E-state index contributed by atoms with van der Waals surface area (Å²) in [5.74, 6) is -1.31. The minimum absolute atomic E-state index is 0.0863. The van der Waals surface area contributed by atoms with Gasteiger partial charge in [0, 0.05) is 0 Å². The van der Waals surface area contributed by atoms with Gasteiger partial charge in [-0.3, -0.25) is 9.59 Å². The van der Waals surface area contributed by atoms with E-state index < -0.39 is 11.7 Å². The van der Waals surface area contributed by atoms with Gasteiger partial charge in [0.15, 0.2) is 5.78 Å². The van der Waals surface area contributed by atoms with E-state index in [1.165, 1.54) is 12.1 Å². The van der Waals surface area contributed by atoms with Gasteiger partial charge < -0.3 is 4.90 Å². The van der Waals surface area contributed by atoms with E-state index in [4.69, 9.17) is 5.26 Å². The molecule has 1 aliphatic rings. The molecular formula is C11H7FN2O2. The fourth-order valence-corrected chi connectivity index (χ4v) is 1.65. The van der Waals surface area contributed by atoms with Gasteiger partial charge in [0.1, 0.15) is 17.4 Å². The van der Waals surface area contributed by atoms with Crippen LogP contribution in [-0.2, 0) is 9.59 Å². The third-order valence-electron chi connectivity index (χ3n) is 2.38. The molecule has 4 nitrogen and oxygen atoms in total. The Hall–Kier alpha value is -2.22. The van der Waals surface area contributed by atoms with Crippen LogP contribution in [0.3, 0.4) is 0 Å². The first-order chi connectivity index (χ1) is 7.63. The molecule has 5 heteroatoms. The van der Waals surface area contributed by atoms with Crippen molar-refractivity contribution in [3.8, 4) is 6.07 Å². The number of carbonyl (C=O) groups is 2. The topological polar surface area (TPSA) is 61.2 Å². The Bertz CT molecular complexity index is 519. The molecular weight excluding hydrogens is 211 g/mol. The normalized spacial score (nSPS) is 15.4. The molecule has 0 spiro atoms. The average Bonchev–Trinajstić information content (AvgIpc) is 2.57. The van der Waals surface area contributed by atoms with Crippen LogP contribution in [0.4, 0.5) is 10.1 Å². The SMILES string of the molecule is N#Cc1c(F)cccc1N1CC(=O)CC1=O. The number of amides is 1. The Morgan fingerprint density at radius 2 is 2.12 bits per heavy atom. The maximum absolute atomic E-state index is 13.3. The second-order valence-electron chi connectivity index (χ2n) is 3.44. The molecule has 1 heterocycles. The quantitative estimate of drug-likeness (QED) is 0.661. The van der Waals surface area contributed by atoms with E-state index in [1.54, 1.807) is 6.07 Å². The summed E-state index contributed by atoms with van der Waals surface area (Å²) in [5, 5.41) is 8.80. The van der Waals surface area contributed by atoms with Crippen molar-refractivity contribution in [2.75, 3.05) is 11.4 Å². The molecule has 0 atom stereocenters. The van der Waals surface area contributed by atoms with Crippen molar-refractivity contribution >= 4 is 17.4 Å². The Morgan fingerprint density at radius 1 is 1.38 bits per heavy atom. The molecule has 1 saturated heterocycles. The summed E-state index contributed by atoms with van der Waals surface area (Å²) in [7, 11) is 0. The van der Waals surface area contributed by atoms with E-state index in [0.717, 1.165) is 11.0 Å². The summed E-state index contributed by atoms with van der Waals surface area (Å²) < 4.78 is 13.3. The van der Waals surface area contributed by atoms with E-state index in [0.29, 0.717) is 0 Å². The van der Waals surface area contributed by atoms with Crippen LogP contribution in [0.2, 0.25) is 0 Å². The van der Waals surface area contributed by atoms with Gasteiger partial charge in [0.25, 0.3) is 0 Å². The molecule has 16 heavy (non-hydrogen) atoms. The van der Waals surface area contributed by atoms with Crippen molar-refractivity contribution in [1.29, 1.82) is 5.26 Å². The number of halogens is 1. The lowest BCUT2D eigenvalue weighted by Gasteiger charge is -2.16. The first-order valence-corrected chi connectivity index (χ1v) is 4.64. The molecule has 0 aromatic heterocycles. The van der Waals surface area contributed by atoms with Gasteiger partial charge in [-0.05, 0) is 12.1 Å². The number of benzene rings is 1. The Labute approximate surface area is 90.9 Å². The Kier molecular flexibility index (Phi) is 2.41. The van der Waals surface area contributed by atoms with Gasteiger partial charge in [-0.1, -0.05) is 6.07 Å². The van der Waals surface area contributed by atoms with Crippen LogP contribution < -0.4 is 4.90 Å². The number of carbonyl (C=O) groups excluding carboxylic acids is 2. The summed E-state index contributed by atoms with van der Waals surface area (Å²) >= 11 is 0. The number of Topliss-reactive ketones (excluding diaryl/α,β-unsaturated/α-hetero) is 1. The van der Waals surface area contributed by atoms with Gasteiger partial charge in [-0.25, -0.2) is 4.39 Å². The van der Waals surface area contributed by atoms with Crippen molar-refractivity contribution in [1.82, 2.24) is 0 Å². The first-order valence-electron chi connectivity index (χ1n) is 4.64. The number of nitriles is 1. The number of anilines is 1.